The van der Waals surface area contributed by atoms with E-state index in [2.05, 4.69) is 0 Å². The predicted octanol–water partition coefficient (Wildman–Crippen LogP) is 3.42. The minimum absolute atomic E-state index is 0.157. The van der Waals surface area contributed by atoms with Gasteiger partial charge in [0.1, 0.15) is 5.82 Å². The minimum Gasteiger partial charge on any atom is -0.391 e. The second kappa shape index (κ2) is 6.00. The fraction of sp³-hybridized carbons (Fsp3) is 0.571. The molecule has 1 saturated carbocycles. The molecular formula is C14H19ClFNO. The summed E-state index contributed by atoms with van der Waals surface area (Å²) in [6.07, 6.45) is 4.62. The minimum atomic E-state index is -0.748. The molecule has 1 aromatic carbocycles. The van der Waals surface area contributed by atoms with Crippen LogP contribution in [0, 0.1) is 11.7 Å². The Balaban J connectivity index is 2.16. The summed E-state index contributed by atoms with van der Waals surface area (Å²) >= 11 is 5.98. The molecule has 0 saturated heterocycles. The first-order valence-electron chi connectivity index (χ1n) is 6.49. The highest BCUT2D eigenvalue weighted by atomic mass is 35.5. The van der Waals surface area contributed by atoms with E-state index in [1.54, 1.807) is 12.1 Å². The van der Waals surface area contributed by atoms with Crippen LogP contribution in [0.25, 0.3) is 0 Å². The van der Waals surface area contributed by atoms with Gasteiger partial charge in [-0.1, -0.05) is 36.9 Å². The number of rotatable bonds is 3. The van der Waals surface area contributed by atoms with E-state index in [1.165, 1.54) is 12.5 Å². The van der Waals surface area contributed by atoms with Crippen LogP contribution in [0.4, 0.5) is 4.39 Å². The van der Waals surface area contributed by atoms with E-state index in [0.717, 1.165) is 25.7 Å². The molecule has 0 aliphatic heterocycles. The highest BCUT2D eigenvalue weighted by Gasteiger charge is 2.30. The molecule has 0 aromatic heterocycles. The van der Waals surface area contributed by atoms with Gasteiger partial charge in [0.05, 0.1) is 12.1 Å². The Labute approximate surface area is 112 Å². The molecule has 18 heavy (non-hydrogen) atoms. The van der Waals surface area contributed by atoms with Crippen molar-refractivity contribution in [3.05, 3.63) is 34.6 Å². The first-order valence-corrected chi connectivity index (χ1v) is 6.86. The molecule has 2 atom stereocenters. The third kappa shape index (κ3) is 2.85. The summed E-state index contributed by atoms with van der Waals surface area (Å²) in [5, 5.41) is 10.6. The Morgan fingerprint density at radius 1 is 1.28 bits per heavy atom. The summed E-state index contributed by atoms with van der Waals surface area (Å²) in [4.78, 5) is 0. The van der Waals surface area contributed by atoms with Crippen molar-refractivity contribution < 1.29 is 9.50 Å². The Hall–Kier alpha value is -0.640. The maximum absolute atomic E-state index is 13.8. The molecular weight excluding hydrogens is 253 g/mol. The van der Waals surface area contributed by atoms with Crippen LogP contribution in [0.5, 0.6) is 0 Å². The van der Waals surface area contributed by atoms with Crippen molar-refractivity contribution in [2.24, 2.45) is 11.7 Å². The van der Waals surface area contributed by atoms with Gasteiger partial charge in [-0.3, -0.25) is 0 Å². The standard InChI is InChI=1S/C14H19ClFNO/c15-10-7-4-8-11(16)12(10)13(17)14(18)9-5-2-1-3-6-9/h4,7-9,13-14,18H,1-3,5-6,17H2/t13-,14+/m0/s1. The average Bonchev–Trinajstić information content (AvgIpc) is 2.38. The van der Waals surface area contributed by atoms with Crippen molar-refractivity contribution in [1.29, 1.82) is 0 Å². The Morgan fingerprint density at radius 3 is 2.56 bits per heavy atom. The zero-order valence-corrected chi connectivity index (χ0v) is 11.0. The van der Waals surface area contributed by atoms with E-state index < -0.39 is 18.0 Å². The zero-order valence-electron chi connectivity index (χ0n) is 10.3. The van der Waals surface area contributed by atoms with Gasteiger partial charge in [0.2, 0.25) is 0 Å². The summed E-state index contributed by atoms with van der Waals surface area (Å²) in [5.41, 5.74) is 6.23. The van der Waals surface area contributed by atoms with Gasteiger partial charge in [0, 0.05) is 10.6 Å². The highest BCUT2D eigenvalue weighted by Crippen LogP contribution is 2.34. The molecule has 1 fully saturated rings. The van der Waals surface area contributed by atoms with Crippen LogP contribution in [-0.4, -0.2) is 11.2 Å². The van der Waals surface area contributed by atoms with Gasteiger partial charge < -0.3 is 10.8 Å². The fourth-order valence-electron chi connectivity index (χ4n) is 2.77. The molecule has 1 aromatic rings. The molecule has 4 heteroatoms. The second-order valence-corrected chi connectivity index (χ2v) is 5.46. The number of halogens is 2. The number of nitrogens with two attached hydrogens (primary N) is 1. The van der Waals surface area contributed by atoms with E-state index in [9.17, 15) is 9.50 Å². The molecule has 100 valence electrons. The highest BCUT2D eigenvalue weighted by molar-refractivity contribution is 6.31. The van der Waals surface area contributed by atoms with Crippen LogP contribution in [0.15, 0.2) is 18.2 Å². The number of benzene rings is 1. The third-order valence-electron chi connectivity index (χ3n) is 3.83. The maximum Gasteiger partial charge on any atom is 0.129 e. The molecule has 3 N–H and O–H groups in total. The number of aliphatic hydroxyl groups is 1. The molecule has 2 nitrogen and oxygen atoms in total. The molecule has 1 aliphatic rings. The van der Waals surface area contributed by atoms with Crippen molar-refractivity contribution in [3.8, 4) is 0 Å². The van der Waals surface area contributed by atoms with Crippen molar-refractivity contribution in [2.45, 2.75) is 44.2 Å². The lowest BCUT2D eigenvalue weighted by molar-refractivity contribution is 0.0608. The molecule has 2 rings (SSSR count). The summed E-state index contributed by atoms with van der Waals surface area (Å²) in [6, 6.07) is 3.73. The molecule has 0 spiro atoms. The van der Waals surface area contributed by atoms with Gasteiger partial charge in [-0.15, -0.1) is 0 Å². The first kappa shape index (κ1) is 13.8. The Kier molecular flexibility index (Phi) is 4.60. The van der Waals surface area contributed by atoms with Crippen molar-refractivity contribution in [2.75, 3.05) is 0 Å². The van der Waals surface area contributed by atoms with Crippen LogP contribution < -0.4 is 5.73 Å². The normalized spacial score (nSPS) is 20.7. The lowest BCUT2D eigenvalue weighted by atomic mass is 9.81. The largest absolute Gasteiger partial charge is 0.391 e. The van der Waals surface area contributed by atoms with Crippen LogP contribution in [0.3, 0.4) is 0 Å². The van der Waals surface area contributed by atoms with E-state index in [0.29, 0.717) is 0 Å². The van der Waals surface area contributed by atoms with Crippen LogP contribution in [0.2, 0.25) is 5.02 Å². The second-order valence-electron chi connectivity index (χ2n) is 5.05. The molecule has 0 heterocycles. The molecule has 0 amide bonds. The average molecular weight is 272 g/mol. The lowest BCUT2D eigenvalue weighted by Gasteiger charge is -2.31. The van der Waals surface area contributed by atoms with Gasteiger partial charge in [-0.05, 0) is 30.9 Å². The van der Waals surface area contributed by atoms with Crippen molar-refractivity contribution >= 4 is 11.6 Å². The molecule has 0 unspecified atom stereocenters. The summed E-state index contributed by atoms with van der Waals surface area (Å²) < 4.78 is 13.8. The van der Waals surface area contributed by atoms with E-state index in [-0.39, 0.29) is 16.5 Å². The quantitative estimate of drug-likeness (QED) is 0.885. The predicted molar refractivity (Wildman–Crippen MR) is 70.9 cm³/mol. The number of hydrogen-bond acceptors (Lipinski definition) is 2. The van der Waals surface area contributed by atoms with E-state index >= 15 is 0 Å². The van der Waals surface area contributed by atoms with Gasteiger partial charge in [0.25, 0.3) is 0 Å². The monoisotopic (exact) mass is 271 g/mol. The smallest absolute Gasteiger partial charge is 0.129 e. The topological polar surface area (TPSA) is 46.2 Å². The maximum atomic E-state index is 13.8. The van der Waals surface area contributed by atoms with Gasteiger partial charge in [0.15, 0.2) is 0 Å². The lowest BCUT2D eigenvalue weighted by Crippen LogP contribution is -2.35. The number of aliphatic hydroxyl groups excluding tert-OH is 1. The molecule has 0 radical (unpaired) electrons. The summed E-state index contributed by atoms with van der Waals surface area (Å²) in [6.45, 7) is 0. The van der Waals surface area contributed by atoms with E-state index in [1.807, 2.05) is 0 Å². The van der Waals surface area contributed by atoms with Gasteiger partial charge >= 0.3 is 0 Å². The van der Waals surface area contributed by atoms with Crippen LogP contribution in [-0.2, 0) is 0 Å². The summed E-state index contributed by atoms with van der Waals surface area (Å²) in [7, 11) is 0. The number of hydrogen-bond donors (Lipinski definition) is 2. The van der Waals surface area contributed by atoms with Gasteiger partial charge in [-0.25, -0.2) is 4.39 Å². The van der Waals surface area contributed by atoms with Crippen LogP contribution >= 0.6 is 11.6 Å². The van der Waals surface area contributed by atoms with Crippen molar-refractivity contribution in [3.63, 3.8) is 0 Å². The molecule has 0 bridgehead atoms. The van der Waals surface area contributed by atoms with Crippen molar-refractivity contribution in [1.82, 2.24) is 0 Å². The Bertz CT molecular complexity index is 387. The SMILES string of the molecule is N[C@@H](c1c(F)cccc1Cl)[C@H](O)C1CCCCC1. The fourth-order valence-corrected chi connectivity index (χ4v) is 3.06. The van der Waals surface area contributed by atoms with E-state index in [4.69, 9.17) is 17.3 Å². The first-order chi connectivity index (χ1) is 8.61. The molecule has 1 aliphatic carbocycles. The third-order valence-corrected chi connectivity index (χ3v) is 4.16. The van der Waals surface area contributed by atoms with Gasteiger partial charge in [-0.2, -0.15) is 0 Å². The Morgan fingerprint density at radius 2 is 1.94 bits per heavy atom. The van der Waals surface area contributed by atoms with Crippen LogP contribution in [0.1, 0.15) is 43.7 Å². The zero-order chi connectivity index (χ0) is 13.1. The summed E-state index contributed by atoms with van der Waals surface area (Å²) in [5.74, 6) is -0.283.